The lowest BCUT2D eigenvalue weighted by Gasteiger charge is -2.34. The van der Waals surface area contributed by atoms with Crippen LogP contribution in [0.25, 0.3) is 11.1 Å². The molecule has 0 aromatic heterocycles. The van der Waals surface area contributed by atoms with E-state index in [4.69, 9.17) is 0 Å². The van der Waals surface area contributed by atoms with Crippen LogP contribution in [-0.2, 0) is 4.79 Å². The van der Waals surface area contributed by atoms with E-state index in [2.05, 4.69) is 24.4 Å². The van der Waals surface area contributed by atoms with Crippen molar-refractivity contribution in [3.63, 3.8) is 0 Å². The van der Waals surface area contributed by atoms with Crippen molar-refractivity contribution >= 4 is 11.8 Å². The van der Waals surface area contributed by atoms with Gasteiger partial charge in [-0.05, 0) is 30.5 Å². The van der Waals surface area contributed by atoms with Crippen molar-refractivity contribution in [1.29, 1.82) is 0 Å². The Balaban J connectivity index is 1.62. The van der Waals surface area contributed by atoms with E-state index in [1.54, 1.807) is 0 Å². The quantitative estimate of drug-likeness (QED) is 0.918. The van der Waals surface area contributed by atoms with E-state index in [9.17, 15) is 9.59 Å². The average molecular weight is 334 g/mol. The van der Waals surface area contributed by atoms with Crippen LogP contribution >= 0.6 is 0 Å². The molecule has 2 aromatic rings. The van der Waals surface area contributed by atoms with Crippen LogP contribution in [0.4, 0.5) is 0 Å². The lowest BCUT2D eigenvalue weighted by Crippen LogP contribution is -2.47. The number of aryl methyl sites for hydroxylation is 1. The highest BCUT2D eigenvalue weighted by Crippen LogP contribution is 2.29. The third kappa shape index (κ3) is 3.04. The summed E-state index contributed by atoms with van der Waals surface area (Å²) in [5.41, 5.74) is 3.95. The summed E-state index contributed by atoms with van der Waals surface area (Å²) >= 11 is 0. The molecule has 2 heterocycles. The molecule has 2 aromatic carbocycles. The third-order valence-electron chi connectivity index (χ3n) is 5.30. The van der Waals surface area contributed by atoms with Gasteiger partial charge in [-0.3, -0.25) is 9.59 Å². The van der Waals surface area contributed by atoms with Gasteiger partial charge in [0.2, 0.25) is 5.91 Å². The second-order valence-electron chi connectivity index (χ2n) is 7.09. The van der Waals surface area contributed by atoms with Gasteiger partial charge >= 0.3 is 0 Å². The summed E-state index contributed by atoms with van der Waals surface area (Å²) in [4.78, 5) is 26.7. The lowest BCUT2D eigenvalue weighted by atomic mass is 9.92. The van der Waals surface area contributed by atoms with Gasteiger partial charge in [-0.25, -0.2) is 0 Å². The molecular weight excluding hydrogens is 312 g/mol. The SMILES string of the molecule is Cc1cccc(-c2ccccc2C(=O)N2CC[C@@H]3NC(=O)C[C@@H]3C2)c1. The number of carbonyl (C=O) groups excluding carboxylic acids is 2. The van der Waals surface area contributed by atoms with Crippen molar-refractivity contribution < 1.29 is 9.59 Å². The van der Waals surface area contributed by atoms with Gasteiger partial charge in [-0.2, -0.15) is 0 Å². The van der Waals surface area contributed by atoms with Gasteiger partial charge in [0.15, 0.2) is 0 Å². The fourth-order valence-corrected chi connectivity index (χ4v) is 4.02. The molecule has 128 valence electrons. The first-order valence-corrected chi connectivity index (χ1v) is 8.86. The van der Waals surface area contributed by atoms with E-state index < -0.39 is 0 Å². The molecule has 25 heavy (non-hydrogen) atoms. The van der Waals surface area contributed by atoms with Crippen molar-refractivity contribution in [2.75, 3.05) is 13.1 Å². The Morgan fingerprint density at radius 2 is 2.00 bits per heavy atom. The third-order valence-corrected chi connectivity index (χ3v) is 5.30. The van der Waals surface area contributed by atoms with Crippen molar-refractivity contribution in [1.82, 2.24) is 10.2 Å². The van der Waals surface area contributed by atoms with Gasteiger partial charge in [-0.1, -0.05) is 48.0 Å². The first-order chi connectivity index (χ1) is 12.1. The molecule has 2 aliphatic rings. The number of hydrogen-bond acceptors (Lipinski definition) is 2. The number of nitrogens with one attached hydrogen (secondary N) is 1. The molecule has 2 saturated heterocycles. The van der Waals surface area contributed by atoms with Crippen LogP contribution in [-0.4, -0.2) is 35.8 Å². The fraction of sp³-hybridized carbons (Fsp3) is 0.333. The number of piperidine rings is 1. The molecule has 0 radical (unpaired) electrons. The molecule has 2 atom stereocenters. The average Bonchev–Trinajstić information content (AvgIpc) is 3.00. The zero-order valence-electron chi connectivity index (χ0n) is 14.4. The van der Waals surface area contributed by atoms with E-state index in [1.807, 2.05) is 41.3 Å². The molecule has 0 spiro atoms. The molecule has 0 unspecified atom stereocenters. The van der Waals surface area contributed by atoms with Crippen LogP contribution in [0.3, 0.4) is 0 Å². The van der Waals surface area contributed by atoms with Gasteiger partial charge in [0.1, 0.15) is 0 Å². The fourth-order valence-electron chi connectivity index (χ4n) is 4.02. The Morgan fingerprint density at radius 1 is 1.16 bits per heavy atom. The molecule has 0 saturated carbocycles. The Labute approximate surface area is 147 Å². The summed E-state index contributed by atoms with van der Waals surface area (Å²) in [5, 5.41) is 3.02. The molecule has 4 nitrogen and oxygen atoms in total. The minimum atomic E-state index is 0.0647. The zero-order chi connectivity index (χ0) is 17.4. The smallest absolute Gasteiger partial charge is 0.254 e. The summed E-state index contributed by atoms with van der Waals surface area (Å²) in [6.07, 6.45) is 1.38. The predicted octanol–water partition coefficient (Wildman–Crippen LogP) is 3.01. The molecule has 0 bridgehead atoms. The predicted molar refractivity (Wildman–Crippen MR) is 97.2 cm³/mol. The second-order valence-corrected chi connectivity index (χ2v) is 7.09. The maximum Gasteiger partial charge on any atom is 0.254 e. The van der Waals surface area contributed by atoms with Crippen LogP contribution in [0, 0.1) is 12.8 Å². The van der Waals surface area contributed by atoms with Crippen molar-refractivity contribution in [2.24, 2.45) is 5.92 Å². The van der Waals surface area contributed by atoms with Crippen molar-refractivity contribution in [3.05, 3.63) is 59.7 Å². The van der Waals surface area contributed by atoms with E-state index >= 15 is 0 Å². The maximum absolute atomic E-state index is 13.2. The number of fused-ring (bicyclic) bond motifs is 1. The van der Waals surface area contributed by atoms with Crippen LogP contribution in [0.5, 0.6) is 0 Å². The highest BCUT2D eigenvalue weighted by atomic mass is 16.2. The molecule has 4 heteroatoms. The highest BCUT2D eigenvalue weighted by Gasteiger charge is 2.38. The Kier molecular flexibility index (Phi) is 4.04. The normalized spacial score (nSPS) is 22.4. The van der Waals surface area contributed by atoms with Gasteiger partial charge in [-0.15, -0.1) is 0 Å². The Hall–Kier alpha value is -2.62. The highest BCUT2D eigenvalue weighted by molar-refractivity contribution is 6.01. The standard InChI is InChI=1S/C21H22N2O2/c1-14-5-4-6-15(11-14)17-7-2-3-8-18(17)21(25)23-10-9-19-16(13-23)12-20(24)22-19/h2-8,11,16,19H,9-10,12-13H2,1H3,(H,22,24)/t16-,19+/m1/s1. The minimum Gasteiger partial charge on any atom is -0.353 e. The van der Waals surface area contributed by atoms with Gasteiger partial charge in [0.25, 0.3) is 5.91 Å². The lowest BCUT2D eigenvalue weighted by molar-refractivity contribution is -0.119. The van der Waals surface area contributed by atoms with E-state index in [0.29, 0.717) is 19.5 Å². The molecule has 2 fully saturated rings. The molecule has 2 aliphatic heterocycles. The molecule has 1 N–H and O–H groups in total. The van der Waals surface area contributed by atoms with Crippen LogP contribution in [0.15, 0.2) is 48.5 Å². The largest absolute Gasteiger partial charge is 0.353 e. The summed E-state index contributed by atoms with van der Waals surface area (Å²) < 4.78 is 0. The number of amides is 2. The first-order valence-electron chi connectivity index (χ1n) is 8.86. The van der Waals surface area contributed by atoms with E-state index in [1.165, 1.54) is 5.56 Å². The van der Waals surface area contributed by atoms with Gasteiger partial charge in [0.05, 0.1) is 0 Å². The number of nitrogens with zero attached hydrogens (tertiary/aromatic N) is 1. The summed E-state index contributed by atoms with van der Waals surface area (Å²) in [7, 11) is 0. The molecular formula is C21H22N2O2. The van der Waals surface area contributed by atoms with Crippen molar-refractivity contribution in [3.8, 4) is 11.1 Å². The number of likely N-dealkylation sites (tertiary alicyclic amines) is 1. The second kappa shape index (κ2) is 6.36. The van der Waals surface area contributed by atoms with Crippen LogP contribution in [0.1, 0.15) is 28.8 Å². The number of rotatable bonds is 2. The molecule has 0 aliphatic carbocycles. The van der Waals surface area contributed by atoms with E-state index in [0.717, 1.165) is 23.1 Å². The van der Waals surface area contributed by atoms with Crippen LogP contribution < -0.4 is 5.32 Å². The monoisotopic (exact) mass is 334 g/mol. The number of benzene rings is 2. The Morgan fingerprint density at radius 3 is 2.84 bits per heavy atom. The maximum atomic E-state index is 13.2. The number of hydrogen-bond donors (Lipinski definition) is 1. The molecule has 2 amide bonds. The zero-order valence-corrected chi connectivity index (χ0v) is 14.4. The summed E-state index contributed by atoms with van der Waals surface area (Å²) in [5.74, 6) is 0.427. The van der Waals surface area contributed by atoms with Gasteiger partial charge < -0.3 is 10.2 Å². The minimum absolute atomic E-state index is 0.0647. The summed E-state index contributed by atoms with van der Waals surface area (Å²) in [6.45, 7) is 3.41. The van der Waals surface area contributed by atoms with Crippen molar-refractivity contribution in [2.45, 2.75) is 25.8 Å². The van der Waals surface area contributed by atoms with Crippen LogP contribution in [0.2, 0.25) is 0 Å². The molecule has 4 rings (SSSR count). The summed E-state index contributed by atoms with van der Waals surface area (Å²) in [6, 6.07) is 16.3. The van der Waals surface area contributed by atoms with Gasteiger partial charge in [0, 0.05) is 37.0 Å². The topological polar surface area (TPSA) is 49.4 Å². The number of carbonyl (C=O) groups is 2. The van der Waals surface area contributed by atoms with E-state index in [-0.39, 0.29) is 23.8 Å². The first kappa shape index (κ1) is 15.9. The Bertz CT molecular complexity index is 830.